The number of aryl methyl sites for hydroxylation is 1. The summed E-state index contributed by atoms with van der Waals surface area (Å²) in [5.74, 6) is 0.351. The molecular formula is C13H21N3O4S. The van der Waals surface area contributed by atoms with Gasteiger partial charge in [-0.3, -0.25) is 4.79 Å². The number of amides is 1. The van der Waals surface area contributed by atoms with E-state index in [2.05, 4.69) is 5.16 Å². The zero-order valence-corrected chi connectivity index (χ0v) is 13.1. The van der Waals surface area contributed by atoms with Crippen LogP contribution in [0.2, 0.25) is 0 Å². The van der Waals surface area contributed by atoms with Gasteiger partial charge >= 0.3 is 0 Å². The van der Waals surface area contributed by atoms with E-state index in [1.165, 1.54) is 0 Å². The third-order valence-corrected chi connectivity index (χ3v) is 4.60. The zero-order chi connectivity index (χ0) is 15.6. The second-order valence-corrected chi connectivity index (χ2v) is 7.85. The Morgan fingerprint density at radius 3 is 2.90 bits per heavy atom. The van der Waals surface area contributed by atoms with Crippen molar-refractivity contribution in [3.05, 3.63) is 17.5 Å². The first-order chi connectivity index (χ1) is 9.78. The summed E-state index contributed by atoms with van der Waals surface area (Å²) >= 11 is 0. The highest BCUT2D eigenvalue weighted by Gasteiger charge is 2.34. The molecule has 0 aromatic carbocycles. The summed E-state index contributed by atoms with van der Waals surface area (Å²) in [5, 5.41) is 3.84. The summed E-state index contributed by atoms with van der Waals surface area (Å²) in [6.07, 6.45) is 2.95. The molecule has 1 aliphatic rings. The van der Waals surface area contributed by atoms with Crippen molar-refractivity contribution >= 4 is 15.7 Å². The van der Waals surface area contributed by atoms with E-state index in [1.807, 2.05) is 13.0 Å². The highest BCUT2D eigenvalue weighted by molar-refractivity contribution is 7.90. The van der Waals surface area contributed by atoms with Gasteiger partial charge in [0.15, 0.2) is 5.76 Å². The predicted molar refractivity (Wildman–Crippen MR) is 77.2 cm³/mol. The molecule has 0 saturated carbocycles. The second-order valence-electron chi connectivity index (χ2n) is 5.59. The molecule has 0 radical (unpaired) electrons. The van der Waals surface area contributed by atoms with Crippen LogP contribution in [0.5, 0.6) is 0 Å². The molecule has 7 nitrogen and oxygen atoms in total. The number of hydrogen-bond donors (Lipinski definition) is 1. The number of rotatable bonds is 5. The number of aromatic nitrogens is 1. The van der Waals surface area contributed by atoms with E-state index in [1.54, 1.807) is 4.90 Å². The standard InChI is InChI=1S/C13H21N3O4S/c1-9-8-12(20-15-9)11-4-3-6-16(11)13(17)10(14)5-7-21(2,18)19/h8,10-11H,3-7,14H2,1-2H3. The van der Waals surface area contributed by atoms with Crippen LogP contribution < -0.4 is 5.73 Å². The molecule has 1 aromatic rings. The number of likely N-dealkylation sites (tertiary alicyclic amines) is 1. The normalized spacial score (nSPS) is 20.7. The van der Waals surface area contributed by atoms with Gasteiger partial charge in [0.25, 0.3) is 0 Å². The first-order valence-electron chi connectivity index (χ1n) is 6.95. The number of carbonyl (C=O) groups excluding carboxylic acids is 1. The van der Waals surface area contributed by atoms with Crippen molar-refractivity contribution in [3.63, 3.8) is 0 Å². The summed E-state index contributed by atoms with van der Waals surface area (Å²) in [4.78, 5) is 14.1. The monoisotopic (exact) mass is 315 g/mol. The number of nitrogens with zero attached hydrogens (tertiary/aromatic N) is 2. The molecule has 8 heteroatoms. The molecule has 0 spiro atoms. The molecule has 1 aromatic heterocycles. The lowest BCUT2D eigenvalue weighted by Gasteiger charge is -2.25. The van der Waals surface area contributed by atoms with Gasteiger partial charge in [0, 0.05) is 18.9 Å². The molecule has 2 rings (SSSR count). The molecule has 2 heterocycles. The molecular weight excluding hydrogens is 294 g/mol. The lowest BCUT2D eigenvalue weighted by atomic mass is 10.1. The summed E-state index contributed by atoms with van der Waals surface area (Å²) in [5.41, 5.74) is 6.62. The van der Waals surface area contributed by atoms with Gasteiger partial charge in [0.05, 0.1) is 23.5 Å². The van der Waals surface area contributed by atoms with Crippen LogP contribution in [0.1, 0.15) is 36.8 Å². The van der Waals surface area contributed by atoms with Crippen LogP contribution in [0.15, 0.2) is 10.6 Å². The summed E-state index contributed by atoms with van der Waals surface area (Å²) in [7, 11) is -3.12. The highest BCUT2D eigenvalue weighted by atomic mass is 32.2. The van der Waals surface area contributed by atoms with E-state index in [-0.39, 0.29) is 24.1 Å². The lowest BCUT2D eigenvalue weighted by molar-refractivity contribution is -0.133. The quantitative estimate of drug-likeness (QED) is 0.843. The zero-order valence-electron chi connectivity index (χ0n) is 12.3. The first-order valence-corrected chi connectivity index (χ1v) is 9.01. The second kappa shape index (κ2) is 6.15. The maximum absolute atomic E-state index is 12.4. The fourth-order valence-electron chi connectivity index (χ4n) is 2.54. The molecule has 2 unspecified atom stereocenters. The fraction of sp³-hybridized carbons (Fsp3) is 0.692. The highest BCUT2D eigenvalue weighted by Crippen LogP contribution is 2.32. The van der Waals surface area contributed by atoms with E-state index in [0.29, 0.717) is 12.3 Å². The summed E-state index contributed by atoms with van der Waals surface area (Å²) in [6, 6.07) is 0.866. The van der Waals surface area contributed by atoms with Gasteiger partial charge < -0.3 is 15.2 Å². The van der Waals surface area contributed by atoms with Crippen molar-refractivity contribution < 1.29 is 17.7 Å². The largest absolute Gasteiger partial charge is 0.359 e. The lowest BCUT2D eigenvalue weighted by Crippen LogP contribution is -2.44. The molecule has 1 saturated heterocycles. The van der Waals surface area contributed by atoms with E-state index in [4.69, 9.17) is 10.3 Å². The summed E-state index contributed by atoms with van der Waals surface area (Å²) in [6.45, 7) is 2.43. The van der Waals surface area contributed by atoms with Gasteiger partial charge in [-0.05, 0) is 26.2 Å². The number of sulfone groups is 1. The van der Waals surface area contributed by atoms with Gasteiger partial charge in [-0.25, -0.2) is 8.42 Å². The minimum atomic E-state index is -3.12. The molecule has 2 atom stereocenters. The van der Waals surface area contributed by atoms with Gasteiger partial charge in [-0.15, -0.1) is 0 Å². The Morgan fingerprint density at radius 1 is 1.62 bits per heavy atom. The third kappa shape index (κ3) is 4.04. The molecule has 21 heavy (non-hydrogen) atoms. The minimum Gasteiger partial charge on any atom is -0.359 e. The Morgan fingerprint density at radius 2 is 2.33 bits per heavy atom. The van der Waals surface area contributed by atoms with Crippen LogP contribution in [0.3, 0.4) is 0 Å². The number of carbonyl (C=O) groups is 1. The maximum atomic E-state index is 12.4. The Kier molecular flexibility index (Phi) is 4.67. The molecule has 1 aliphatic heterocycles. The Hall–Kier alpha value is -1.41. The average molecular weight is 315 g/mol. The van der Waals surface area contributed by atoms with Crippen molar-refractivity contribution in [1.29, 1.82) is 0 Å². The van der Waals surface area contributed by atoms with Gasteiger partial charge in [-0.1, -0.05) is 5.16 Å². The van der Waals surface area contributed by atoms with Crippen LogP contribution in [-0.4, -0.2) is 49.0 Å². The van der Waals surface area contributed by atoms with Crippen LogP contribution in [-0.2, 0) is 14.6 Å². The van der Waals surface area contributed by atoms with Gasteiger partial charge in [0.2, 0.25) is 5.91 Å². The van der Waals surface area contributed by atoms with Gasteiger partial charge in [0.1, 0.15) is 9.84 Å². The smallest absolute Gasteiger partial charge is 0.240 e. The van der Waals surface area contributed by atoms with Crippen molar-refractivity contribution in [2.45, 2.75) is 38.3 Å². The van der Waals surface area contributed by atoms with E-state index in [9.17, 15) is 13.2 Å². The number of hydrogen-bond acceptors (Lipinski definition) is 6. The van der Waals surface area contributed by atoms with Crippen LogP contribution >= 0.6 is 0 Å². The topological polar surface area (TPSA) is 106 Å². The third-order valence-electron chi connectivity index (χ3n) is 3.63. The SMILES string of the molecule is Cc1cc(C2CCCN2C(=O)C(N)CCS(C)(=O)=O)on1. The molecule has 0 bridgehead atoms. The average Bonchev–Trinajstić information content (AvgIpc) is 3.02. The van der Waals surface area contributed by atoms with Crippen LogP contribution in [0.25, 0.3) is 0 Å². The molecule has 2 N–H and O–H groups in total. The fourth-order valence-corrected chi connectivity index (χ4v) is 3.23. The molecule has 0 aliphatic carbocycles. The maximum Gasteiger partial charge on any atom is 0.240 e. The Labute approximate surface area is 124 Å². The van der Waals surface area contributed by atoms with Crippen molar-refractivity contribution in [1.82, 2.24) is 10.1 Å². The van der Waals surface area contributed by atoms with E-state index < -0.39 is 15.9 Å². The predicted octanol–water partition coefficient (Wildman–Crippen LogP) is 0.409. The first kappa shape index (κ1) is 16.0. The molecule has 1 fully saturated rings. The minimum absolute atomic E-state index is 0.0835. The Bertz CT molecular complexity index is 611. The van der Waals surface area contributed by atoms with Crippen molar-refractivity contribution in [3.8, 4) is 0 Å². The Balaban J connectivity index is 2.03. The van der Waals surface area contributed by atoms with E-state index >= 15 is 0 Å². The van der Waals surface area contributed by atoms with E-state index in [0.717, 1.165) is 24.8 Å². The van der Waals surface area contributed by atoms with Crippen LogP contribution in [0, 0.1) is 6.92 Å². The van der Waals surface area contributed by atoms with Crippen molar-refractivity contribution in [2.75, 3.05) is 18.6 Å². The summed E-state index contributed by atoms with van der Waals surface area (Å²) < 4.78 is 27.6. The van der Waals surface area contributed by atoms with Crippen LogP contribution in [0.4, 0.5) is 0 Å². The number of nitrogens with two attached hydrogens (primary N) is 1. The van der Waals surface area contributed by atoms with Crippen molar-refractivity contribution in [2.24, 2.45) is 5.73 Å². The molecule has 118 valence electrons. The molecule has 1 amide bonds. The van der Waals surface area contributed by atoms with Gasteiger partial charge in [-0.2, -0.15) is 0 Å².